The van der Waals surface area contributed by atoms with Gasteiger partial charge in [0.05, 0.1) is 11.1 Å². The molecular formula is C25H21F4N5O2. The molecule has 5 rings (SSSR count). The van der Waals surface area contributed by atoms with Crippen LogP contribution in [-0.4, -0.2) is 39.7 Å². The Morgan fingerprint density at radius 1 is 1.17 bits per heavy atom. The molecule has 1 aliphatic rings. The van der Waals surface area contributed by atoms with Gasteiger partial charge in [0.15, 0.2) is 17.4 Å². The number of carbonyl (C=O) groups excluding carboxylic acids is 1. The average molecular weight is 499 g/mol. The molecule has 0 radical (unpaired) electrons. The molecule has 7 nitrogen and oxygen atoms in total. The summed E-state index contributed by atoms with van der Waals surface area (Å²) in [6.45, 7) is -0.0378. The Kier molecular flexibility index (Phi) is 6.17. The maximum atomic E-state index is 13.9. The average Bonchev–Trinajstić information content (AvgIpc) is 3.25. The monoisotopic (exact) mass is 499 g/mol. The van der Waals surface area contributed by atoms with Crippen molar-refractivity contribution >= 4 is 28.3 Å². The van der Waals surface area contributed by atoms with Gasteiger partial charge in [0.1, 0.15) is 18.2 Å². The van der Waals surface area contributed by atoms with E-state index in [1.165, 1.54) is 43.5 Å². The molecule has 2 heterocycles. The van der Waals surface area contributed by atoms with Crippen LogP contribution in [0.15, 0.2) is 42.5 Å². The lowest BCUT2D eigenvalue weighted by Crippen LogP contribution is -2.27. The molecule has 1 unspecified atom stereocenters. The van der Waals surface area contributed by atoms with Gasteiger partial charge >= 0.3 is 6.18 Å². The van der Waals surface area contributed by atoms with Gasteiger partial charge < -0.3 is 10.1 Å². The Morgan fingerprint density at radius 2 is 1.97 bits per heavy atom. The van der Waals surface area contributed by atoms with Crippen LogP contribution in [0.5, 0.6) is 0 Å². The number of Topliss-reactive ketones (excluding diaryl/α,β-unsaturated/α-hetero) is 1. The third kappa shape index (κ3) is 4.53. The second kappa shape index (κ2) is 9.30. The van der Waals surface area contributed by atoms with Crippen molar-refractivity contribution in [1.82, 2.24) is 20.2 Å². The minimum Gasteiger partial charge on any atom is -0.377 e. The second-order valence-corrected chi connectivity index (χ2v) is 8.59. The van der Waals surface area contributed by atoms with Gasteiger partial charge in [-0.05, 0) is 43.5 Å². The number of H-pyrrole nitrogens is 1. The van der Waals surface area contributed by atoms with Crippen molar-refractivity contribution in [3.63, 3.8) is 0 Å². The number of rotatable bonds is 6. The molecule has 186 valence electrons. The fourth-order valence-electron chi connectivity index (χ4n) is 4.49. The molecule has 2 aromatic heterocycles. The van der Waals surface area contributed by atoms with E-state index in [2.05, 4.69) is 25.5 Å². The molecule has 0 bridgehead atoms. The minimum atomic E-state index is -4.60. The Morgan fingerprint density at radius 3 is 2.75 bits per heavy atom. The molecule has 1 atom stereocenters. The largest absolute Gasteiger partial charge is 0.417 e. The Hall–Kier alpha value is -3.86. The van der Waals surface area contributed by atoms with Gasteiger partial charge in [0.25, 0.3) is 0 Å². The highest BCUT2D eigenvalue weighted by Crippen LogP contribution is 2.38. The van der Waals surface area contributed by atoms with Gasteiger partial charge in [-0.15, -0.1) is 0 Å². The van der Waals surface area contributed by atoms with Crippen molar-refractivity contribution in [1.29, 1.82) is 0 Å². The first-order chi connectivity index (χ1) is 17.2. The third-order valence-electron chi connectivity index (χ3n) is 6.25. The summed E-state index contributed by atoms with van der Waals surface area (Å²) in [6, 6.07) is 9.21. The zero-order valence-corrected chi connectivity index (χ0v) is 19.1. The van der Waals surface area contributed by atoms with Crippen molar-refractivity contribution in [2.75, 3.05) is 19.0 Å². The molecule has 1 aliphatic carbocycles. The van der Waals surface area contributed by atoms with Gasteiger partial charge in [0, 0.05) is 35.2 Å². The van der Waals surface area contributed by atoms with Crippen molar-refractivity contribution in [2.45, 2.75) is 25.4 Å². The van der Waals surface area contributed by atoms with Crippen molar-refractivity contribution in [3.8, 4) is 11.4 Å². The van der Waals surface area contributed by atoms with E-state index in [-0.39, 0.29) is 47.8 Å². The number of ketones is 1. The van der Waals surface area contributed by atoms with Gasteiger partial charge in [-0.3, -0.25) is 9.89 Å². The number of nitrogens with zero attached hydrogens (tertiary/aromatic N) is 3. The number of hydrogen-bond acceptors (Lipinski definition) is 6. The first kappa shape index (κ1) is 23.9. The van der Waals surface area contributed by atoms with Gasteiger partial charge in [-0.1, -0.05) is 18.2 Å². The Bertz CT molecular complexity index is 1450. The van der Waals surface area contributed by atoms with Crippen LogP contribution in [0.1, 0.15) is 23.2 Å². The van der Waals surface area contributed by atoms with Crippen molar-refractivity contribution in [3.05, 3.63) is 65.1 Å². The quantitative estimate of drug-likeness (QED) is 0.353. The molecule has 11 heteroatoms. The Labute approximate surface area is 202 Å². The molecule has 2 aromatic carbocycles. The number of methoxy groups -OCH3 is 1. The molecule has 36 heavy (non-hydrogen) atoms. The van der Waals surface area contributed by atoms with Crippen LogP contribution in [0.25, 0.3) is 22.3 Å². The first-order valence-electron chi connectivity index (χ1n) is 11.2. The number of anilines is 2. The molecular weight excluding hydrogens is 478 g/mol. The zero-order valence-electron chi connectivity index (χ0n) is 19.1. The molecule has 4 aromatic rings. The SMILES string of the molecule is COCC(=O)C1CCc2nc(-c3ccccc3C(F)(F)F)nc(Nc3n[nH]c4ccc(F)cc34)c2C1. The number of aromatic nitrogens is 4. The molecule has 0 aliphatic heterocycles. The lowest BCUT2D eigenvalue weighted by atomic mass is 9.84. The second-order valence-electron chi connectivity index (χ2n) is 8.59. The van der Waals surface area contributed by atoms with Gasteiger partial charge in [-0.25, -0.2) is 14.4 Å². The predicted molar refractivity (Wildman–Crippen MR) is 124 cm³/mol. The van der Waals surface area contributed by atoms with Crippen LogP contribution in [0.2, 0.25) is 0 Å². The molecule has 0 spiro atoms. The number of aromatic amines is 1. The summed E-state index contributed by atoms with van der Waals surface area (Å²) in [5, 5.41) is 10.5. The van der Waals surface area contributed by atoms with E-state index in [1.807, 2.05) is 0 Å². The minimum absolute atomic E-state index is 0.0378. The van der Waals surface area contributed by atoms with Crippen LogP contribution in [0.3, 0.4) is 0 Å². The summed E-state index contributed by atoms with van der Waals surface area (Å²) in [5.74, 6) is -0.514. The first-order valence-corrected chi connectivity index (χ1v) is 11.2. The van der Waals surface area contributed by atoms with Crippen LogP contribution in [0.4, 0.5) is 29.2 Å². The summed E-state index contributed by atoms with van der Waals surface area (Å²) in [4.78, 5) is 21.5. The molecule has 0 amide bonds. The highest BCUT2D eigenvalue weighted by atomic mass is 19.4. The van der Waals surface area contributed by atoms with Crippen LogP contribution >= 0.6 is 0 Å². The standard InChI is InChI=1S/C25H21F4N5O2/c1-36-12-21(35)13-6-8-19-16(10-13)23(32-24-17-11-14(26)7-9-20(17)33-34-24)31-22(30-19)15-4-2-3-5-18(15)25(27,28)29/h2-5,7,9,11,13H,6,8,10,12H2,1H3,(H2,30,31,32,33,34). The number of halogens is 4. The number of alkyl halides is 3. The highest BCUT2D eigenvalue weighted by molar-refractivity contribution is 5.91. The van der Waals surface area contributed by atoms with Crippen LogP contribution < -0.4 is 5.32 Å². The van der Waals surface area contributed by atoms with E-state index in [4.69, 9.17) is 4.74 Å². The van der Waals surface area contributed by atoms with Gasteiger partial charge in [0.2, 0.25) is 0 Å². The van der Waals surface area contributed by atoms with Crippen LogP contribution in [0, 0.1) is 11.7 Å². The fourth-order valence-corrected chi connectivity index (χ4v) is 4.49. The summed E-state index contributed by atoms with van der Waals surface area (Å²) >= 11 is 0. The van der Waals surface area contributed by atoms with E-state index in [0.29, 0.717) is 35.0 Å². The number of fused-ring (bicyclic) bond motifs is 2. The number of carbonyl (C=O) groups is 1. The normalized spacial score (nSPS) is 15.6. The Balaban J connectivity index is 1.64. The maximum absolute atomic E-state index is 13.9. The van der Waals surface area contributed by atoms with E-state index >= 15 is 0 Å². The summed E-state index contributed by atoms with van der Waals surface area (Å²) < 4.78 is 60.1. The van der Waals surface area contributed by atoms with E-state index < -0.39 is 17.6 Å². The lowest BCUT2D eigenvalue weighted by molar-refractivity contribution is -0.137. The number of ether oxygens (including phenoxy) is 1. The maximum Gasteiger partial charge on any atom is 0.417 e. The smallest absolute Gasteiger partial charge is 0.377 e. The number of aryl methyl sites for hydroxylation is 1. The number of benzene rings is 2. The third-order valence-corrected chi connectivity index (χ3v) is 6.25. The molecule has 2 N–H and O–H groups in total. The lowest BCUT2D eigenvalue weighted by Gasteiger charge is -2.25. The van der Waals surface area contributed by atoms with Gasteiger partial charge in [-0.2, -0.15) is 18.3 Å². The fraction of sp³-hybridized carbons (Fsp3) is 0.280. The van der Waals surface area contributed by atoms with Crippen molar-refractivity contribution in [2.24, 2.45) is 5.92 Å². The van der Waals surface area contributed by atoms with Crippen molar-refractivity contribution < 1.29 is 27.1 Å². The van der Waals surface area contributed by atoms with E-state index in [1.54, 1.807) is 0 Å². The summed E-state index contributed by atoms with van der Waals surface area (Å²) in [7, 11) is 1.44. The van der Waals surface area contributed by atoms with E-state index in [0.717, 1.165) is 6.07 Å². The van der Waals surface area contributed by atoms with Crippen LogP contribution in [-0.2, 0) is 28.5 Å². The molecule has 0 saturated heterocycles. The zero-order chi connectivity index (χ0) is 25.4. The summed E-state index contributed by atoms with van der Waals surface area (Å²) in [6.07, 6.45) is -3.44. The summed E-state index contributed by atoms with van der Waals surface area (Å²) in [5.41, 5.74) is 0.708. The number of nitrogens with one attached hydrogen (secondary N) is 2. The van der Waals surface area contributed by atoms with E-state index in [9.17, 15) is 22.4 Å². The molecule has 0 fully saturated rings. The predicted octanol–water partition coefficient (Wildman–Crippen LogP) is 5.24. The number of hydrogen-bond donors (Lipinski definition) is 2. The highest BCUT2D eigenvalue weighted by Gasteiger charge is 2.35. The topological polar surface area (TPSA) is 92.8 Å². The molecule has 0 saturated carbocycles.